The van der Waals surface area contributed by atoms with Gasteiger partial charge in [0.2, 0.25) is 11.0 Å². The fourth-order valence-electron chi connectivity index (χ4n) is 1.06. The molecule has 0 radical (unpaired) electrons. The highest BCUT2D eigenvalue weighted by atomic mass is 32.1. The van der Waals surface area contributed by atoms with Crippen LogP contribution in [-0.2, 0) is 16.0 Å². The fourth-order valence-corrected chi connectivity index (χ4v) is 1.78. The van der Waals surface area contributed by atoms with Crippen LogP contribution in [0.3, 0.4) is 0 Å². The molecule has 0 saturated heterocycles. The summed E-state index contributed by atoms with van der Waals surface area (Å²) in [6.07, 6.45) is 1.76. The van der Waals surface area contributed by atoms with Gasteiger partial charge >= 0.3 is 0 Å². The SMILES string of the molecule is CCCOCCc1nnc(NC(=O)C(C)C)s1. The number of amides is 1. The number of hydrogen-bond donors (Lipinski definition) is 1. The molecule has 1 rings (SSSR count). The van der Waals surface area contributed by atoms with Gasteiger partial charge in [-0.3, -0.25) is 4.79 Å². The van der Waals surface area contributed by atoms with E-state index in [9.17, 15) is 4.79 Å². The molecule has 1 amide bonds. The fraction of sp³-hybridized carbons (Fsp3) is 0.727. The summed E-state index contributed by atoms with van der Waals surface area (Å²) in [5.41, 5.74) is 0. The zero-order chi connectivity index (χ0) is 12.7. The molecule has 1 aromatic heterocycles. The van der Waals surface area contributed by atoms with E-state index in [1.54, 1.807) is 0 Å². The van der Waals surface area contributed by atoms with Crippen molar-refractivity contribution in [2.24, 2.45) is 5.92 Å². The molecular weight excluding hydrogens is 238 g/mol. The van der Waals surface area contributed by atoms with Crippen LogP contribution in [0, 0.1) is 5.92 Å². The molecule has 0 aliphatic carbocycles. The van der Waals surface area contributed by atoms with Crippen LogP contribution in [0.25, 0.3) is 0 Å². The van der Waals surface area contributed by atoms with E-state index in [1.165, 1.54) is 11.3 Å². The van der Waals surface area contributed by atoms with Crippen molar-refractivity contribution in [1.82, 2.24) is 10.2 Å². The number of carbonyl (C=O) groups excluding carboxylic acids is 1. The Morgan fingerprint density at radius 2 is 2.18 bits per heavy atom. The average molecular weight is 257 g/mol. The van der Waals surface area contributed by atoms with Crippen molar-refractivity contribution >= 4 is 22.4 Å². The maximum Gasteiger partial charge on any atom is 0.228 e. The van der Waals surface area contributed by atoms with Gasteiger partial charge < -0.3 is 10.1 Å². The molecule has 1 aromatic rings. The summed E-state index contributed by atoms with van der Waals surface area (Å²) in [5.74, 6) is -0.0785. The summed E-state index contributed by atoms with van der Waals surface area (Å²) >= 11 is 1.40. The molecule has 0 aliphatic rings. The lowest BCUT2D eigenvalue weighted by molar-refractivity contribution is -0.118. The molecule has 0 saturated carbocycles. The van der Waals surface area contributed by atoms with Gasteiger partial charge in [-0.25, -0.2) is 0 Å². The van der Waals surface area contributed by atoms with Crippen molar-refractivity contribution in [2.45, 2.75) is 33.6 Å². The van der Waals surface area contributed by atoms with Crippen LogP contribution >= 0.6 is 11.3 Å². The smallest absolute Gasteiger partial charge is 0.228 e. The third kappa shape index (κ3) is 5.23. The van der Waals surface area contributed by atoms with Crippen LogP contribution in [0.2, 0.25) is 0 Å². The maximum absolute atomic E-state index is 11.4. The standard InChI is InChI=1S/C11H19N3O2S/c1-4-6-16-7-5-9-13-14-11(17-9)12-10(15)8(2)3/h8H,4-7H2,1-3H3,(H,12,14,15). The second-order valence-electron chi connectivity index (χ2n) is 4.01. The molecule has 1 heterocycles. The highest BCUT2D eigenvalue weighted by Gasteiger charge is 2.10. The first-order chi connectivity index (χ1) is 8.13. The molecule has 0 unspecified atom stereocenters. The number of ether oxygens (including phenoxy) is 1. The van der Waals surface area contributed by atoms with Gasteiger partial charge in [0.15, 0.2) is 0 Å². The Balaban J connectivity index is 2.35. The summed E-state index contributed by atoms with van der Waals surface area (Å²) < 4.78 is 5.37. The summed E-state index contributed by atoms with van der Waals surface area (Å²) in [7, 11) is 0. The van der Waals surface area contributed by atoms with E-state index in [-0.39, 0.29) is 11.8 Å². The van der Waals surface area contributed by atoms with E-state index < -0.39 is 0 Å². The normalized spacial score (nSPS) is 10.8. The van der Waals surface area contributed by atoms with Gasteiger partial charge in [0, 0.05) is 18.9 Å². The van der Waals surface area contributed by atoms with Gasteiger partial charge in [0.05, 0.1) is 6.61 Å². The minimum absolute atomic E-state index is 0.0325. The van der Waals surface area contributed by atoms with Crippen molar-refractivity contribution in [1.29, 1.82) is 0 Å². The predicted molar refractivity (Wildman–Crippen MR) is 68.2 cm³/mol. The van der Waals surface area contributed by atoms with Crippen LogP contribution in [0.4, 0.5) is 5.13 Å². The van der Waals surface area contributed by atoms with Gasteiger partial charge in [-0.05, 0) is 6.42 Å². The molecule has 0 atom stereocenters. The Labute approximate surface area is 106 Å². The van der Waals surface area contributed by atoms with Crippen LogP contribution in [0.1, 0.15) is 32.2 Å². The lowest BCUT2D eigenvalue weighted by atomic mass is 10.2. The van der Waals surface area contributed by atoms with Crippen molar-refractivity contribution in [3.63, 3.8) is 0 Å². The Morgan fingerprint density at radius 1 is 1.41 bits per heavy atom. The first-order valence-corrected chi connectivity index (χ1v) is 6.66. The van der Waals surface area contributed by atoms with E-state index in [0.29, 0.717) is 11.7 Å². The third-order valence-corrected chi connectivity index (χ3v) is 2.93. The molecule has 5 nitrogen and oxygen atoms in total. The third-order valence-electron chi connectivity index (χ3n) is 2.03. The maximum atomic E-state index is 11.4. The highest BCUT2D eigenvalue weighted by Crippen LogP contribution is 2.16. The summed E-state index contributed by atoms with van der Waals surface area (Å²) in [4.78, 5) is 11.4. The minimum atomic E-state index is -0.0461. The number of hydrogen-bond acceptors (Lipinski definition) is 5. The molecule has 0 aliphatic heterocycles. The summed E-state index contributed by atoms with van der Waals surface area (Å²) in [5, 5.41) is 12.1. The number of anilines is 1. The van der Waals surface area contributed by atoms with Crippen molar-refractivity contribution in [2.75, 3.05) is 18.5 Å². The molecule has 0 spiro atoms. The summed E-state index contributed by atoms with van der Waals surface area (Å²) in [6, 6.07) is 0. The van der Waals surface area contributed by atoms with Gasteiger partial charge in [0.25, 0.3) is 0 Å². The number of carbonyl (C=O) groups is 1. The highest BCUT2D eigenvalue weighted by molar-refractivity contribution is 7.15. The molecule has 1 N–H and O–H groups in total. The molecule has 0 aromatic carbocycles. The van der Waals surface area contributed by atoms with Crippen LogP contribution in [-0.4, -0.2) is 29.3 Å². The van der Waals surface area contributed by atoms with Crippen molar-refractivity contribution in [3.05, 3.63) is 5.01 Å². The Bertz CT molecular complexity index is 352. The molecule has 6 heteroatoms. The van der Waals surface area contributed by atoms with E-state index >= 15 is 0 Å². The van der Waals surface area contributed by atoms with Gasteiger partial charge in [-0.2, -0.15) is 0 Å². The van der Waals surface area contributed by atoms with Crippen molar-refractivity contribution < 1.29 is 9.53 Å². The quantitative estimate of drug-likeness (QED) is 0.760. The molecule has 0 fully saturated rings. The molecule has 96 valence electrons. The average Bonchev–Trinajstić information content (AvgIpc) is 2.72. The molecular formula is C11H19N3O2S. The number of nitrogens with zero attached hydrogens (tertiary/aromatic N) is 2. The van der Waals surface area contributed by atoms with E-state index in [2.05, 4.69) is 22.4 Å². The monoisotopic (exact) mass is 257 g/mol. The number of rotatable bonds is 7. The van der Waals surface area contributed by atoms with Gasteiger partial charge in [-0.15, -0.1) is 10.2 Å². The van der Waals surface area contributed by atoms with Crippen LogP contribution in [0.15, 0.2) is 0 Å². The number of nitrogens with one attached hydrogen (secondary N) is 1. The zero-order valence-electron chi connectivity index (χ0n) is 10.5. The Morgan fingerprint density at radius 3 is 2.82 bits per heavy atom. The first kappa shape index (κ1) is 14.1. The Hall–Kier alpha value is -1.01. The second-order valence-corrected chi connectivity index (χ2v) is 5.07. The first-order valence-electron chi connectivity index (χ1n) is 5.84. The molecule has 0 bridgehead atoms. The molecule has 17 heavy (non-hydrogen) atoms. The van der Waals surface area contributed by atoms with E-state index in [0.717, 1.165) is 24.5 Å². The van der Waals surface area contributed by atoms with Crippen LogP contribution in [0.5, 0.6) is 0 Å². The summed E-state index contributed by atoms with van der Waals surface area (Å²) in [6.45, 7) is 7.19. The lowest BCUT2D eigenvalue weighted by Crippen LogP contribution is -2.17. The van der Waals surface area contributed by atoms with Gasteiger partial charge in [0.1, 0.15) is 5.01 Å². The van der Waals surface area contributed by atoms with E-state index in [1.807, 2.05) is 13.8 Å². The topological polar surface area (TPSA) is 64.1 Å². The minimum Gasteiger partial charge on any atom is -0.381 e. The number of aromatic nitrogens is 2. The van der Waals surface area contributed by atoms with Crippen LogP contribution < -0.4 is 5.32 Å². The Kier molecular flexibility index (Phi) is 6.07. The van der Waals surface area contributed by atoms with Gasteiger partial charge in [-0.1, -0.05) is 32.1 Å². The largest absolute Gasteiger partial charge is 0.381 e. The van der Waals surface area contributed by atoms with Crippen molar-refractivity contribution in [3.8, 4) is 0 Å². The predicted octanol–water partition coefficient (Wildman–Crippen LogP) is 2.10. The lowest BCUT2D eigenvalue weighted by Gasteiger charge is -2.02. The second kappa shape index (κ2) is 7.34. The van der Waals surface area contributed by atoms with E-state index in [4.69, 9.17) is 4.74 Å². The zero-order valence-corrected chi connectivity index (χ0v) is 11.3.